The topological polar surface area (TPSA) is 98.0 Å². The maximum absolute atomic E-state index is 10.4. The van der Waals surface area contributed by atoms with Gasteiger partial charge in [0.05, 0.1) is 12.5 Å². The Labute approximate surface area is 103 Å². The molecule has 0 bridgehead atoms. The van der Waals surface area contributed by atoms with Crippen molar-refractivity contribution in [3.05, 3.63) is 28.3 Å². The quantitative estimate of drug-likeness (QED) is 0.653. The standard InChI is InChI=1S/C11H13ClO5/c1-5-2-6(12)3-7(10(5)16)11(17)8(13)4-9(14)15/h2-3,8,11,13,16-17H,4H2,1H3,(H,14,15). The van der Waals surface area contributed by atoms with Crippen LogP contribution in [0.1, 0.15) is 23.7 Å². The van der Waals surface area contributed by atoms with Crippen LogP contribution in [0.3, 0.4) is 0 Å². The summed E-state index contributed by atoms with van der Waals surface area (Å²) in [6, 6.07) is 2.79. The minimum absolute atomic E-state index is 0.0174. The molecule has 0 saturated carbocycles. The molecule has 4 N–H and O–H groups in total. The highest BCUT2D eigenvalue weighted by molar-refractivity contribution is 6.30. The van der Waals surface area contributed by atoms with Crippen LogP contribution in [0, 0.1) is 6.92 Å². The van der Waals surface area contributed by atoms with Crippen LogP contribution in [-0.4, -0.2) is 32.5 Å². The molecule has 0 heterocycles. The fourth-order valence-electron chi connectivity index (χ4n) is 1.48. The van der Waals surface area contributed by atoms with Crippen LogP contribution in [0.25, 0.3) is 0 Å². The van der Waals surface area contributed by atoms with Crippen molar-refractivity contribution in [2.45, 2.75) is 25.6 Å². The summed E-state index contributed by atoms with van der Waals surface area (Å²) in [5, 5.41) is 37.7. The highest BCUT2D eigenvalue weighted by Crippen LogP contribution is 2.33. The van der Waals surface area contributed by atoms with E-state index in [1.807, 2.05) is 0 Å². The van der Waals surface area contributed by atoms with Crippen LogP contribution in [0.2, 0.25) is 5.02 Å². The number of benzene rings is 1. The van der Waals surface area contributed by atoms with Gasteiger partial charge in [0.2, 0.25) is 0 Å². The highest BCUT2D eigenvalue weighted by Gasteiger charge is 2.24. The zero-order valence-electron chi connectivity index (χ0n) is 9.09. The summed E-state index contributed by atoms with van der Waals surface area (Å²) in [5.41, 5.74) is 0.456. The minimum atomic E-state index is -1.50. The van der Waals surface area contributed by atoms with Gasteiger partial charge in [-0.05, 0) is 24.6 Å². The van der Waals surface area contributed by atoms with E-state index in [0.717, 1.165) is 0 Å². The highest BCUT2D eigenvalue weighted by atomic mass is 35.5. The maximum atomic E-state index is 10.4. The zero-order chi connectivity index (χ0) is 13.2. The first-order valence-corrected chi connectivity index (χ1v) is 5.27. The van der Waals surface area contributed by atoms with Crippen LogP contribution >= 0.6 is 11.6 Å². The second kappa shape index (κ2) is 5.35. The Morgan fingerprint density at radius 3 is 2.53 bits per heavy atom. The third-order valence-corrected chi connectivity index (χ3v) is 2.58. The molecule has 1 aromatic carbocycles. The van der Waals surface area contributed by atoms with E-state index in [9.17, 15) is 20.1 Å². The summed E-state index contributed by atoms with van der Waals surface area (Å²) in [6.07, 6.45) is -3.62. The van der Waals surface area contributed by atoms with Gasteiger partial charge >= 0.3 is 5.97 Å². The number of carboxylic acids is 1. The van der Waals surface area contributed by atoms with Gasteiger partial charge in [-0.25, -0.2) is 0 Å². The van der Waals surface area contributed by atoms with Crippen LogP contribution < -0.4 is 0 Å². The van der Waals surface area contributed by atoms with E-state index in [2.05, 4.69) is 0 Å². The van der Waals surface area contributed by atoms with Crippen LogP contribution in [0.15, 0.2) is 12.1 Å². The van der Waals surface area contributed by atoms with Crippen molar-refractivity contribution in [2.24, 2.45) is 0 Å². The van der Waals surface area contributed by atoms with Gasteiger partial charge in [0, 0.05) is 10.6 Å². The molecule has 0 aliphatic carbocycles. The van der Waals surface area contributed by atoms with Gasteiger partial charge in [0.15, 0.2) is 0 Å². The Bertz CT molecular complexity index is 432. The van der Waals surface area contributed by atoms with E-state index in [1.54, 1.807) is 6.92 Å². The van der Waals surface area contributed by atoms with Crippen molar-refractivity contribution in [2.75, 3.05) is 0 Å². The summed E-state index contributed by atoms with van der Waals surface area (Å²) in [6.45, 7) is 1.58. The van der Waals surface area contributed by atoms with Crippen molar-refractivity contribution in [3.8, 4) is 5.75 Å². The lowest BCUT2D eigenvalue weighted by Gasteiger charge is -2.18. The average Bonchev–Trinajstić information content (AvgIpc) is 2.21. The lowest BCUT2D eigenvalue weighted by atomic mass is 9.99. The number of carbonyl (C=O) groups is 1. The van der Waals surface area contributed by atoms with E-state index in [0.29, 0.717) is 5.56 Å². The van der Waals surface area contributed by atoms with Crippen LogP contribution in [-0.2, 0) is 4.79 Å². The number of aliphatic carboxylic acids is 1. The van der Waals surface area contributed by atoms with Gasteiger partial charge in [0.1, 0.15) is 11.9 Å². The number of phenols is 1. The SMILES string of the molecule is Cc1cc(Cl)cc(C(O)C(O)CC(=O)O)c1O. The largest absolute Gasteiger partial charge is 0.507 e. The molecule has 0 aromatic heterocycles. The van der Waals surface area contributed by atoms with Gasteiger partial charge in [-0.1, -0.05) is 11.6 Å². The summed E-state index contributed by atoms with van der Waals surface area (Å²) in [4.78, 5) is 10.4. The molecule has 0 fully saturated rings. The smallest absolute Gasteiger partial charge is 0.306 e. The number of carboxylic acid groups (broad SMARTS) is 1. The molecule has 0 radical (unpaired) electrons. The maximum Gasteiger partial charge on any atom is 0.306 e. The summed E-state index contributed by atoms with van der Waals surface area (Å²) in [7, 11) is 0. The molecule has 94 valence electrons. The van der Waals surface area contributed by atoms with Crippen molar-refractivity contribution in [3.63, 3.8) is 0 Å². The monoisotopic (exact) mass is 260 g/mol. The minimum Gasteiger partial charge on any atom is -0.507 e. The van der Waals surface area contributed by atoms with Crippen LogP contribution in [0.4, 0.5) is 0 Å². The number of phenolic OH excluding ortho intramolecular Hbond substituents is 1. The van der Waals surface area contributed by atoms with E-state index in [4.69, 9.17) is 16.7 Å². The lowest BCUT2D eigenvalue weighted by Crippen LogP contribution is -2.22. The molecule has 0 aliphatic heterocycles. The number of aryl methyl sites for hydroxylation is 1. The Balaban J connectivity index is 3.03. The van der Waals surface area contributed by atoms with Gasteiger partial charge in [0.25, 0.3) is 0 Å². The van der Waals surface area contributed by atoms with Crippen LogP contribution in [0.5, 0.6) is 5.75 Å². The Hall–Kier alpha value is -1.30. The predicted molar refractivity (Wildman–Crippen MR) is 61.1 cm³/mol. The van der Waals surface area contributed by atoms with Gasteiger partial charge in [-0.3, -0.25) is 4.79 Å². The first-order valence-electron chi connectivity index (χ1n) is 4.90. The molecule has 1 rings (SSSR count). The Kier molecular flexibility index (Phi) is 4.34. The van der Waals surface area contributed by atoms with Gasteiger partial charge in [-0.2, -0.15) is 0 Å². The van der Waals surface area contributed by atoms with E-state index in [-0.39, 0.29) is 16.3 Å². The number of aliphatic hydroxyl groups excluding tert-OH is 2. The Morgan fingerprint density at radius 1 is 1.41 bits per heavy atom. The molecule has 17 heavy (non-hydrogen) atoms. The number of halogens is 1. The molecule has 0 saturated heterocycles. The molecule has 0 aliphatic rings. The molecule has 0 amide bonds. The van der Waals surface area contributed by atoms with E-state index < -0.39 is 24.6 Å². The third-order valence-electron chi connectivity index (χ3n) is 2.36. The number of hydrogen-bond acceptors (Lipinski definition) is 4. The second-order valence-electron chi connectivity index (χ2n) is 3.77. The molecule has 5 nitrogen and oxygen atoms in total. The lowest BCUT2D eigenvalue weighted by molar-refractivity contribution is -0.141. The first-order chi connectivity index (χ1) is 7.82. The molecule has 1 aromatic rings. The van der Waals surface area contributed by atoms with Crippen molar-refractivity contribution in [1.29, 1.82) is 0 Å². The van der Waals surface area contributed by atoms with Crippen molar-refractivity contribution in [1.82, 2.24) is 0 Å². The van der Waals surface area contributed by atoms with Crippen molar-refractivity contribution >= 4 is 17.6 Å². The first kappa shape index (κ1) is 13.8. The van der Waals surface area contributed by atoms with Crippen molar-refractivity contribution < 1.29 is 25.2 Å². The molecular formula is C11H13ClO5. The number of hydrogen-bond donors (Lipinski definition) is 4. The molecule has 0 spiro atoms. The normalized spacial score (nSPS) is 14.4. The fourth-order valence-corrected chi connectivity index (χ4v) is 1.77. The average molecular weight is 261 g/mol. The van der Waals surface area contributed by atoms with E-state index in [1.165, 1.54) is 12.1 Å². The predicted octanol–water partition coefficient (Wildman–Crippen LogP) is 1.22. The molecular weight excluding hydrogens is 248 g/mol. The van der Waals surface area contributed by atoms with Gasteiger partial charge in [-0.15, -0.1) is 0 Å². The molecule has 6 heteroatoms. The second-order valence-corrected chi connectivity index (χ2v) is 4.21. The fraction of sp³-hybridized carbons (Fsp3) is 0.364. The Morgan fingerprint density at radius 2 is 2.00 bits per heavy atom. The summed E-state index contributed by atoms with van der Waals surface area (Å²) >= 11 is 5.76. The van der Waals surface area contributed by atoms with Gasteiger partial charge < -0.3 is 20.4 Å². The third kappa shape index (κ3) is 3.33. The number of aromatic hydroxyl groups is 1. The number of rotatable bonds is 4. The molecule has 2 unspecified atom stereocenters. The zero-order valence-corrected chi connectivity index (χ0v) is 9.85. The summed E-state index contributed by atoms with van der Waals surface area (Å²) < 4.78 is 0. The van der Waals surface area contributed by atoms with E-state index >= 15 is 0 Å². The molecule has 2 atom stereocenters. The summed E-state index contributed by atoms with van der Waals surface area (Å²) in [5.74, 6) is -1.44. The number of aliphatic hydroxyl groups is 2.